The van der Waals surface area contributed by atoms with Crippen molar-refractivity contribution in [1.29, 1.82) is 0 Å². The zero-order valence-corrected chi connectivity index (χ0v) is 79.0. The first-order valence-electron chi connectivity index (χ1n) is 47.8. The Bertz CT molecular complexity index is 6460. The van der Waals surface area contributed by atoms with Crippen LogP contribution in [0.25, 0.3) is 73.3 Å². The van der Waals surface area contributed by atoms with Gasteiger partial charge in [-0.3, -0.25) is 41.8 Å². The number of likely N-dealkylation sites (tertiary alicyclic amines) is 3. The van der Waals surface area contributed by atoms with Gasteiger partial charge in [-0.2, -0.15) is 5.10 Å². The molecule has 133 heavy (non-hydrogen) atoms. The van der Waals surface area contributed by atoms with E-state index in [-0.39, 0.29) is 22.2 Å². The molecular weight excluding hydrogens is 1680 g/mol. The Morgan fingerprint density at radius 3 is 0.910 bits per heavy atom. The number of ether oxygens (including phenoxy) is 6. The van der Waals surface area contributed by atoms with Crippen LogP contribution in [0.3, 0.4) is 0 Å². The second kappa shape index (κ2) is 42.6. The third-order valence-electron chi connectivity index (χ3n) is 27.8. The number of aryl methyl sites for hydroxylation is 2. The Kier molecular flexibility index (Phi) is 29.6. The zero-order valence-electron chi connectivity index (χ0n) is 79.0. The van der Waals surface area contributed by atoms with Crippen molar-refractivity contribution in [3.05, 3.63) is 217 Å². The first kappa shape index (κ1) is 92.4. The average molecular weight is 1810 g/mol. The number of benzene rings is 3. The van der Waals surface area contributed by atoms with E-state index >= 15 is 0 Å². The number of rotatable bonds is 22. The van der Waals surface area contributed by atoms with Gasteiger partial charge in [-0.05, 0) is 290 Å². The maximum atomic E-state index is 13.1. The Hall–Kier alpha value is -12.4. The van der Waals surface area contributed by atoms with Gasteiger partial charge in [-0.1, -0.05) is 12.8 Å². The first-order valence-corrected chi connectivity index (χ1v) is 47.8. The maximum absolute atomic E-state index is 13.1. The summed E-state index contributed by atoms with van der Waals surface area (Å²) < 4.78 is 40.5. The highest BCUT2D eigenvalue weighted by Gasteiger charge is 2.29. The lowest BCUT2D eigenvalue weighted by atomic mass is 9.95. The number of methoxy groups -OCH3 is 6. The molecule has 0 aliphatic carbocycles. The molecule has 29 nitrogen and oxygen atoms in total. The summed E-state index contributed by atoms with van der Waals surface area (Å²) in [7, 11) is 13.9. The van der Waals surface area contributed by atoms with Gasteiger partial charge in [-0.15, -0.1) is 0 Å². The minimum absolute atomic E-state index is 0.0865. The van der Waals surface area contributed by atoms with Gasteiger partial charge in [-0.25, -0.2) is 24.5 Å². The number of hydrogen-bond donors (Lipinski definition) is 0. The molecule has 0 atom stereocenters. The van der Waals surface area contributed by atoms with Gasteiger partial charge in [0.15, 0.2) is 34.5 Å². The molecule has 10 aromatic heterocycles. The van der Waals surface area contributed by atoms with Crippen molar-refractivity contribution in [1.82, 2.24) is 71.7 Å². The minimum Gasteiger partial charge on any atom is -0.493 e. The van der Waals surface area contributed by atoms with Crippen LogP contribution < -0.4 is 70.3 Å². The Morgan fingerprint density at radius 2 is 0.602 bits per heavy atom. The van der Waals surface area contributed by atoms with E-state index < -0.39 is 0 Å². The van der Waals surface area contributed by atoms with Crippen molar-refractivity contribution >= 4 is 50.9 Å². The van der Waals surface area contributed by atoms with Crippen LogP contribution in [-0.4, -0.2) is 246 Å². The highest BCUT2D eigenvalue weighted by atomic mass is 16.5. The van der Waals surface area contributed by atoms with E-state index in [9.17, 15) is 19.2 Å². The monoisotopic (exact) mass is 1800 g/mol. The quantitative estimate of drug-likeness (QED) is 0.0611. The Balaban J connectivity index is 0.000000124. The fourth-order valence-corrected chi connectivity index (χ4v) is 20.4. The predicted molar refractivity (Wildman–Crippen MR) is 527 cm³/mol. The van der Waals surface area contributed by atoms with Gasteiger partial charge in [0, 0.05) is 144 Å². The molecule has 0 bridgehead atoms. The van der Waals surface area contributed by atoms with Crippen LogP contribution in [0.2, 0.25) is 0 Å². The number of nitrogens with zero attached hydrogens (tertiary/aromatic N) is 19. The van der Waals surface area contributed by atoms with E-state index in [1.165, 1.54) is 162 Å². The van der Waals surface area contributed by atoms with Crippen LogP contribution in [0.1, 0.15) is 114 Å². The number of aromatic nitrogens is 11. The molecule has 0 spiro atoms. The molecule has 700 valence electrons. The standard InChI is InChI=1S/C27H33N7O.C27H34N4O3.C26H32N4O3.C24H30N4O3/c1-19-16-34-25(20(2)28-19)14-24(30-34)23-15-27(35)33-18-22(6-7-26(33)29-23)32-12-8-21(9-13-32)17-31-10-4-3-5-11-31;1-33-24-8-6-21(16-25(24)34-2)23-17-27(32)31-19-22(7-9-26(31)28-23)30-14-10-20(11-15-30)18-29-12-4-3-5-13-29;1-32-23-7-5-20(15-24(23)33-2)22-16-26(31)30-18-21(6-8-25(30)27-22)29-13-9-19(10-14-29)17-28-11-3-4-12-28;1-26(2)15-17-9-11-27(12-10-17)19-6-8-23-25-20(14-24(29)28(23)16-19)18-5-7-21(30-3)22(13-18)31-4/h6-7,14-16,18,21H,3-5,8-13,17H2,1-2H3;6-9,16-17,19-20H,3-5,10-15,18H2,1-2H3;5-8,15-16,18-19H,3-4,9-14,17H2,1-2H3;5-8,13-14,16-17H,9-12,15H2,1-4H3. The smallest absolute Gasteiger partial charge is 0.258 e. The van der Waals surface area contributed by atoms with Gasteiger partial charge < -0.3 is 67.6 Å². The third-order valence-corrected chi connectivity index (χ3v) is 27.8. The van der Waals surface area contributed by atoms with Crippen molar-refractivity contribution in [3.8, 4) is 79.7 Å². The second-order valence-electron chi connectivity index (χ2n) is 37.1. The molecule has 17 heterocycles. The van der Waals surface area contributed by atoms with E-state index in [0.717, 1.165) is 139 Å². The number of anilines is 4. The zero-order chi connectivity index (χ0) is 92.2. The summed E-state index contributed by atoms with van der Waals surface area (Å²) in [6.45, 7) is 24.7. The van der Waals surface area contributed by atoms with Crippen molar-refractivity contribution in [2.75, 3.05) is 194 Å². The second-order valence-corrected chi connectivity index (χ2v) is 37.1. The van der Waals surface area contributed by atoms with E-state index in [2.05, 4.69) is 87.6 Å². The minimum atomic E-state index is -0.0980. The van der Waals surface area contributed by atoms with Crippen molar-refractivity contribution in [3.63, 3.8) is 0 Å². The number of piperidine rings is 6. The highest BCUT2D eigenvalue weighted by Crippen LogP contribution is 2.38. The molecule has 0 N–H and O–H groups in total. The first-order chi connectivity index (χ1) is 64.8. The fraction of sp³-hybridized carbons (Fsp3) is 0.462. The van der Waals surface area contributed by atoms with Gasteiger partial charge >= 0.3 is 0 Å². The molecule has 7 saturated heterocycles. The van der Waals surface area contributed by atoms with Crippen LogP contribution in [0.4, 0.5) is 22.7 Å². The molecule has 0 unspecified atom stereocenters. The van der Waals surface area contributed by atoms with E-state index in [4.69, 9.17) is 48.4 Å². The maximum Gasteiger partial charge on any atom is 0.258 e. The molecule has 3 aromatic carbocycles. The molecule has 29 heteroatoms. The van der Waals surface area contributed by atoms with Gasteiger partial charge in [0.1, 0.15) is 28.3 Å². The predicted octanol–water partition coefficient (Wildman–Crippen LogP) is 14.7. The number of pyridine rings is 4. The topological polar surface area (TPSA) is 249 Å². The fourth-order valence-electron chi connectivity index (χ4n) is 20.4. The van der Waals surface area contributed by atoms with Crippen molar-refractivity contribution in [2.24, 2.45) is 23.7 Å². The lowest BCUT2D eigenvalue weighted by molar-refractivity contribution is 0.181. The normalized spacial score (nSPS) is 17.1. The molecule has 7 fully saturated rings. The SMILES string of the molecule is COc1ccc(-c2cc(=O)n3cc(N4CCC(CN(C)C)CC4)ccc3n2)cc1OC.COc1ccc(-c2cc(=O)n3cc(N4CCC(CN5CCCC5)CC4)ccc3n2)cc1OC.COc1ccc(-c2cc(=O)n3cc(N4CCC(CN5CCCCC5)CC4)ccc3n2)cc1OC.Cc1cn2nc(-c3cc(=O)n4cc(N5CCC(CN6CCCCC6)CC5)ccc4n3)cc2c(C)n1. The molecule has 13 aromatic rings. The van der Waals surface area contributed by atoms with Crippen molar-refractivity contribution in [2.45, 2.75) is 117 Å². The molecule has 0 amide bonds. The Labute approximate surface area is 778 Å². The summed E-state index contributed by atoms with van der Waals surface area (Å²) in [5.41, 5.74) is 14.8. The van der Waals surface area contributed by atoms with Crippen LogP contribution in [0, 0.1) is 37.5 Å². The van der Waals surface area contributed by atoms with Gasteiger partial charge in [0.05, 0.1) is 111 Å². The summed E-state index contributed by atoms with van der Waals surface area (Å²) in [6, 6.07) is 41.0. The molecule has 7 aliphatic heterocycles. The summed E-state index contributed by atoms with van der Waals surface area (Å²) in [5.74, 6) is 6.85. The number of fused-ring (bicyclic) bond motifs is 5. The summed E-state index contributed by atoms with van der Waals surface area (Å²) in [5, 5.41) is 4.65. The summed E-state index contributed by atoms with van der Waals surface area (Å²) in [4.78, 5) is 95.2. The highest BCUT2D eigenvalue weighted by molar-refractivity contribution is 5.71. The molecule has 0 radical (unpaired) electrons. The van der Waals surface area contributed by atoms with Crippen LogP contribution in [-0.2, 0) is 0 Å². The Morgan fingerprint density at radius 1 is 0.308 bits per heavy atom. The lowest BCUT2D eigenvalue weighted by Gasteiger charge is -2.37. The summed E-state index contributed by atoms with van der Waals surface area (Å²) >= 11 is 0. The summed E-state index contributed by atoms with van der Waals surface area (Å²) in [6.07, 6.45) is 30.1. The largest absolute Gasteiger partial charge is 0.493 e. The lowest BCUT2D eigenvalue weighted by Crippen LogP contribution is -2.40. The van der Waals surface area contributed by atoms with Gasteiger partial charge in [0.25, 0.3) is 22.2 Å². The number of hydrogen-bond acceptors (Lipinski definition) is 24. The molecule has 20 rings (SSSR count). The van der Waals surface area contributed by atoms with E-state index in [1.807, 2.05) is 134 Å². The molecule has 0 saturated carbocycles. The van der Waals surface area contributed by atoms with Crippen LogP contribution in [0.15, 0.2) is 184 Å². The van der Waals surface area contributed by atoms with Crippen molar-refractivity contribution < 1.29 is 28.4 Å². The third kappa shape index (κ3) is 22.1. The van der Waals surface area contributed by atoms with E-state index in [0.29, 0.717) is 85.6 Å². The van der Waals surface area contributed by atoms with Crippen LogP contribution in [0.5, 0.6) is 34.5 Å². The average Bonchev–Trinajstić information content (AvgIpc) is 1.73. The van der Waals surface area contributed by atoms with Gasteiger partial charge in [0.2, 0.25) is 0 Å². The van der Waals surface area contributed by atoms with Crippen LogP contribution >= 0.6 is 0 Å². The molecule has 7 aliphatic rings. The van der Waals surface area contributed by atoms with E-state index in [1.54, 1.807) is 84.5 Å². The molecular formula is C104H129N19O10.